The van der Waals surface area contributed by atoms with Crippen LogP contribution in [0.1, 0.15) is 101 Å². The average molecular weight is 457 g/mol. The van der Waals surface area contributed by atoms with Crippen molar-refractivity contribution in [3.63, 3.8) is 0 Å². The van der Waals surface area contributed by atoms with Crippen LogP contribution in [-0.2, 0) is 9.59 Å². The number of ether oxygens (including phenoxy) is 1. The highest BCUT2D eigenvalue weighted by Crippen LogP contribution is 2.34. The second-order valence-electron chi connectivity index (χ2n) is 9.13. The first-order valence-electron chi connectivity index (χ1n) is 12.7. The van der Waals surface area contributed by atoms with E-state index in [1.807, 2.05) is 18.2 Å². The first-order valence-corrected chi connectivity index (χ1v) is 12.7. The van der Waals surface area contributed by atoms with E-state index in [9.17, 15) is 14.4 Å². The summed E-state index contributed by atoms with van der Waals surface area (Å²) in [5, 5.41) is 8.69. The summed E-state index contributed by atoms with van der Waals surface area (Å²) in [5.41, 5.74) is 0.626. The summed E-state index contributed by atoms with van der Waals surface area (Å²) in [7, 11) is 0. The van der Waals surface area contributed by atoms with Crippen molar-refractivity contribution in [2.75, 3.05) is 6.61 Å². The average Bonchev–Trinajstić information content (AvgIpc) is 3.16. The predicted octanol–water partition coefficient (Wildman–Crippen LogP) is 6.80. The normalized spacial score (nSPS) is 18.2. The molecule has 0 aromatic heterocycles. The third-order valence-corrected chi connectivity index (χ3v) is 6.46. The second-order valence-corrected chi connectivity index (χ2v) is 9.13. The van der Waals surface area contributed by atoms with Crippen molar-refractivity contribution in [2.45, 2.75) is 90.4 Å². The molecular weight excluding hydrogens is 416 g/mol. The van der Waals surface area contributed by atoms with E-state index in [4.69, 9.17) is 9.84 Å². The Morgan fingerprint density at radius 2 is 1.70 bits per heavy atom. The first kappa shape index (κ1) is 26.8. The fourth-order valence-electron chi connectivity index (χ4n) is 4.45. The number of hydrogen-bond donors (Lipinski definition) is 1. The quantitative estimate of drug-likeness (QED) is 0.158. The van der Waals surface area contributed by atoms with Gasteiger partial charge in [-0.3, -0.25) is 14.4 Å². The number of carboxylic acids is 1. The minimum Gasteiger partial charge on any atom is -0.494 e. The molecule has 2 rings (SSSR count). The lowest BCUT2D eigenvalue weighted by atomic mass is 9.89. The molecule has 1 N–H and O–H groups in total. The molecule has 182 valence electrons. The summed E-state index contributed by atoms with van der Waals surface area (Å²) in [5.74, 6) is 0.385. The summed E-state index contributed by atoms with van der Waals surface area (Å²) < 4.78 is 5.77. The molecule has 2 atom stereocenters. The monoisotopic (exact) mass is 456 g/mol. The smallest absolute Gasteiger partial charge is 0.303 e. The first-order chi connectivity index (χ1) is 16.0. The Hall–Kier alpha value is -2.43. The summed E-state index contributed by atoms with van der Waals surface area (Å²) in [6.07, 6.45) is 15.4. The number of unbranched alkanes of at least 4 members (excludes halogenated alkanes) is 7. The Labute approximate surface area is 198 Å². The number of rotatable bonds is 17. The van der Waals surface area contributed by atoms with Crippen LogP contribution in [-0.4, -0.2) is 29.2 Å². The van der Waals surface area contributed by atoms with Crippen molar-refractivity contribution in [3.05, 3.63) is 42.0 Å². The van der Waals surface area contributed by atoms with Gasteiger partial charge in [0.25, 0.3) is 0 Å². The minimum atomic E-state index is -0.754. The molecule has 0 spiro atoms. The predicted molar refractivity (Wildman–Crippen MR) is 131 cm³/mol. The van der Waals surface area contributed by atoms with Crippen molar-refractivity contribution in [1.29, 1.82) is 0 Å². The molecule has 1 aromatic rings. The van der Waals surface area contributed by atoms with E-state index in [2.05, 4.69) is 6.92 Å². The molecule has 0 radical (unpaired) electrons. The minimum absolute atomic E-state index is 0.0124. The van der Waals surface area contributed by atoms with Crippen LogP contribution in [0.3, 0.4) is 0 Å². The SMILES string of the molecule is CCCCCCCOc1ccc(C(=O)C=CC2CCC(=O)C2CCCCCCC(=O)O)cc1. The molecule has 1 fully saturated rings. The second kappa shape index (κ2) is 15.4. The lowest BCUT2D eigenvalue weighted by Gasteiger charge is -2.14. The fourth-order valence-corrected chi connectivity index (χ4v) is 4.45. The summed E-state index contributed by atoms with van der Waals surface area (Å²) in [6.45, 7) is 2.91. The van der Waals surface area contributed by atoms with Gasteiger partial charge in [0.05, 0.1) is 6.61 Å². The zero-order valence-corrected chi connectivity index (χ0v) is 20.1. The number of allylic oxidation sites excluding steroid dienone is 2. The maximum absolute atomic E-state index is 12.6. The van der Waals surface area contributed by atoms with Gasteiger partial charge >= 0.3 is 5.97 Å². The molecule has 0 amide bonds. The van der Waals surface area contributed by atoms with Gasteiger partial charge in [-0.2, -0.15) is 0 Å². The van der Waals surface area contributed by atoms with Crippen molar-refractivity contribution >= 4 is 17.5 Å². The molecule has 33 heavy (non-hydrogen) atoms. The van der Waals surface area contributed by atoms with Gasteiger partial charge in [-0.05, 0) is 61.9 Å². The van der Waals surface area contributed by atoms with E-state index in [1.54, 1.807) is 18.2 Å². The number of carbonyl (C=O) groups excluding carboxylic acids is 2. The Bertz CT molecular complexity index is 765. The Morgan fingerprint density at radius 3 is 2.42 bits per heavy atom. The molecule has 1 aliphatic rings. The lowest BCUT2D eigenvalue weighted by Crippen LogP contribution is -2.13. The van der Waals surface area contributed by atoms with Crippen molar-refractivity contribution in [1.82, 2.24) is 0 Å². The number of Topliss-reactive ketones (excluding diaryl/α,β-unsaturated/α-hetero) is 1. The van der Waals surface area contributed by atoms with Crippen molar-refractivity contribution < 1.29 is 24.2 Å². The number of hydrogen-bond acceptors (Lipinski definition) is 4. The maximum Gasteiger partial charge on any atom is 0.303 e. The number of aliphatic carboxylic acids is 1. The molecule has 5 heteroatoms. The number of ketones is 2. The topological polar surface area (TPSA) is 80.7 Å². The molecule has 0 heterocycles. The van der Waals surface area contributed by atoms with Gasteiger partial charge in [-0.25, -0.2) is 0 Å². The van der Waals surface area contributed by atoms with Crippen LogP contribution in [0.2, 0.25) is 0 Å². The van der Waals surface area contributed by atoms with Gasteiger partial charge in [0, 0.05) is 24.3 Å². The van der Waals surface area contributed by atoms with E-state index in [0.717, 1.165) is 44.3 Å². The van der Waals surface area contributed by atoms with Gasteiger partial charge in [0.15, 0.2) is 5.78 Å². The van der Waals surface area contributed by atoms with Crippen LogP contribution in [0.15, 0.2) is 36.4 Å². The van der Waals surface area contributed by atoms with E-state index in [1.165, 1.54) is 25.7 Å². The van der Waals surface area contributed by atoms with E-state index in [-0.39, 0.29) is 24.0 Å². The van der Waals surface area contributed by atoms with E-state index >= 15 is 0 Å². The molecule has 0 bridgehead atoms. The zero-order valence-electron chi connectivity index (χ0n) is 20.1. The largest absolute Gasteiger partial charge is 0.494 e. The fraction of sp³-hybridized carbons (Fsp3) is 0.607. The van der Waals surface area contributed by atoms with Gasteiger partial charge in [0.1, 0.15) is 11.5 Å². The van der Waals surface area contributed by atoms with Crippen LogP contribution in [0, 0.1) is 11.8 Å². The van der Waals surface area contributed by atoms with E-state index in [0.29, 0.717) is 30.8 Å². The number of carbonyl (C=O) groups is 3. The molecule has 1 saturated carbocycles. The van der Waals surface area contributed by atoms with Crippen LogP contribution < -0.4 is 4.74 Å². The lowest BCUT2D eigenvalue weighted by molar-refractivity contribution is -0.137. The number of benzene rings is 1. The van der Waals surface area contributed by atoms with Crippen molar-refractivity contribution in [3.8, 4) is 5.75 Å². The highest BCUT2D eigenvalue weighted by Gasteiger charge is 2.32. The third-order valence-electron chi connectivity index (χ3n) is 6.46. The van der Waals surface area contributed by atoms with Gasteiger partial charge < -0.3 is 9.84 Å². The third kappa shape index (κ3) is 10.4. The summed E-state index contributed by atoms with van der Waals surface area (Å²) in [4.78, 5) is 35.5. The summed E-state index contributed by atoms with van der Waals surface area (Å²) in [6, 6.07) is 7.29. The highest BCUT2D eigenvalue weighted by atomic mass is 16.5. The van der Waals surface area contributed by atoms with Crippen LogP contribution in [0.5, 0.6) is 5.75 Å². The van der Waals surface area contributed by atoms with Crippen LogP contribution in [0.25, 0.3) is 0 Å². The van der Waals surface area contributed by atoms with Crippen molar-refractivity contribution in [2.24, 2.45) is 11.8 Å². The van der Waals surface area contributed by atoms with Crippen LogP contribution >= 0.6 is 0 Å². The molecule has 0 saturated heterocycles. The Kier molecular flexibility index (Phi) is 12.5. The number of carboxylic acid groups (broad SMARTS) is 1. The maximum atomic E-state index is 12.6. The summed E-state index contributed by atoms with van der Waals surface area (Å²) >= 11 is 0. The molecule has 5 nitrogen and oxygen atoms in total. The zero-order chi connectivity index (χ0) is 23.9. The molecule has 1 aromatic carbocycles. The van der Waals surface area contributed by atoms with Gasteiger partial charge in [-0.15, -0.1) is 0 Å². The molecule has 1 aliphatic carbocycles. The Balaban J connectivity index is 1.74. The highest BCUT2D eigenvalue weighted by molar-refractivity contribution is 6.04. The Morgan fingerprint density at radius 1 is 1.00 bits per heavy atom. The molecular formula is C28H40O5. The standard InChI is InChI=1S/C28H40O5/c1-2-3-4-7-10-21-33-24-17-13-23(14-18-24)26(29)19-15-22-16-20-27(30)25(22)11-8-5-6-9-12-28(31)32/h13-15,17-19,22,25H,2-12,16,20-21H2,1H3,(H,31,32). The van der Waals surface area contributed by atoms with Gasteiger partial charge in [-0.1, -0.05) is 57.9 Å². The van der Waals surface area contributed by atoms with Crippen LogP contribution in [0.4, 0.5) is 0 Å². The molecule has 2 unspecified atom stereocenters. The molecule has 0 aliphatic heterocycles. The van der Waals surface area contributed by atoms with E-state index < -0.39 is 5.97 Å². The van der Waals surface area contributed by atoms with Gasteiger partial charge in [0.2, 0.25) is 0 Å².